The summed E-state index contributed by atoms with van der Waals surface area (Å²) in [6.07, 6.45) is 4.87. The average Bonchev–Trinajstić information content (AvgIpc) is 3.87. The molecule has 5 heteroatoms. The zero-order valence-corrected chi connectivity index (χ0v) is 48.3. The normalized spacial score (nSPS) is 20.8. The highest BCUT2D eigenvalue weighted by molar-refractivity contribution is 7.33. The maximum Gasteiger partial charge on any atom is 0.264 e. The molecule has 1 aromatic heterocycles. The topological polar surface area (TPSA) is 9.72 Å². The Morgan fingerprint density at radius 2 is 1.00 bits per heavy atom. The lowest BCUT2D eigenvalue weighted by molar-refractivity contribution is 0.0615. The monoisotopic (exact) mass is 1000 g/mol. The van der Waals surface area contributed by atoms with Crippen LogP contribution < -0.4 is 30.4 Å². The van der Waals surface area contributed by atoms with Crippen LogP contribution in [-0.4, -0.2) is 6.71 Å². The van der Waals surface area contributed by atoms with Crippen LogP contribution in [0.4, 0.5) is 51.2 Å². The number of benzene rings is 7. The number of para-hydroxylation sites is 2. The molecule has 1 saturated carbocycles. The van der Waals surface area contributed by atoms with Crippen molar-refractivity contribution in [2.24, 2.45) is 0 Å². The third-order valence-electron chi connectivity index (χ3n) is 19.5. The summed E-state index contributed by atoms with van der Waals surface area (Å²) in [5.74, 6) is 0. The first kappa shape index (κ1) is 48.6. The molecule has 2 aliphatic heterocycles. The Kier molecular flexibility index (Phi) is 10.2. The van der Waals surface area contributed by atoms with Crippen molar-refractivity contribution in [1.29, 1.82) is 0 Å². The van der Waals surface area contributed by atoms with E-state index in [0.29, 0.717) is 0 Å². The van der Waals surface area contributed by atoms with Crippen LogP contribution in [0.3, 0.4) is 0 Å². The number of thiophene rings is 1. The summed E-state index contributed by atoms with van der Waals surface area (Å²) in [5.41, 5.74) is 24.3. The molecule has 0 N–H and O–H groups in total. The zero-order valence-electron chi connectivity index (χ0n) is 47.4. The van der Waals surface area contributed by atoms with E-state index in [4.69, 9.17) is 0 Å². The number of nitrogens with zero attached hydrogens (tertiary/aromatic N) is 3. The van der Waals surface area contributed by atoms with Gasteiger partial charge >= 0.3 is 0 Å². The van der Waals surface area contributed by atoms with Crippen molar-refractivity contribution in [2.45, 2.75) is 167 Å². The Bertz CT molecular complexity index is 3600. The highest BCUT2D eigenvalue weighted by atomic mass is 32.1. The summed E-state index contributed by atoms with van der Waals surface area (Å²) >= 11 is 2.07. The highest BCUT2D eigenvalue weighted by Crippen LogP contribution is 2.69. The van der Waals surface area contributed by atoms with Gasteiger partial charge in [-0.25, -0.2) is 0 Å². The van der Waals surface area contributed by atoms with Crippen LogP contribution in [0.2, 0.25) is 0 Å². The number of anilines is 9. The number of hydrogen-bond donors (Lipinski definition) is 0. The van der Waals surface area contributed by atoms with Gasteiger partial charge in [0, 0.05) is 65.5 Å². The zero-order chi connectivity index (χ0) is 52.7. The summed E-state index contributed by atoms with van der Waals surface area (Å²) in [6, 6.07) is 55.1. The van der Waals surface area contributed by atoms with Gasteiger partial charge in [0.15, 0.2) is 0 Å². The molecule has 0 radical (unpaired) electrons. The first-order valence-corrected chi connectivity index (χ1v) is 28.9. The lowest BCUT2D eigenvalue weighted by Crippen LogP contribution is -2.62. The van der Waals surface area contributed by atoms with Gasteiger partial charge in [0.05, 0.1) is 11.4 Å². The fourth-order valence-corrected chi connectivity index (χ4v) is 15.5. The Morgan fingerprint density at radius 3 is 1.56 bits per heavy atom. The van der Waals surface area contributed by atoms with Crippen molar-refractivity contribution in [2.75, 3.05) is 14.7 Å². The maximum absolute atomic E-state index is 2.76. The summed E-state index contributed by atoms with van der Waals surface area (Å²) in [6.45, 7) is 36.3. The Balaban J connectivity index is 1.20. The minimum Gasteiger partial charge on any atom is -0.311 e. The van der Waals surface area contributed by atoms with E-state index in [-0.39, 0.29) is 44.6 Å². The minimum atomic E-state index is -0.0709. The third-order valence-corrected chi connectivity index (χ3v) is 20.7. The summed E-state index contributed by atoms with van der Waals surface area (Å²) in [4.78, 5) is 7.93. The first-order valence-electron chi connectivity index (χ1n) is 28.0. The fraction of sp³-hybridized carbons (Fsp3) is 0.371. The Hall–Kier alpha value is -6.04. The summed E-state index contributed by atoms with van der Waals surface area (Å²) in [7, 11) is 0. The van der Waals surface area contributed by atoms with Crippen molar-refractivity contribution in [3.63, 3.8) is 0 Å². The summed E-state index contributed by atoms with van der Waals surface area (Å²) in [5, 5.41) is 1.39. The molecule has 5 aliphatic rings. The lowest BCUT2D eigenvalue weighted by Gasteiger charge is -2.66. The van der Waals surface area contributed by atoms with Crippen molar-refractivity contribution < 1.29 is 0 Å². The van der Waals surface area contributed by atoms with Gasteiger partial charge in [-0.15, -0.1) is 11.3 Å². The van der Waals surface area contributed by atoms with Crippen LogP contribution in [-0.2, 0) is 37.9 Å². The molecule has 3 heterocycles. The second kappa shape index (κ2) is 15.8. The van der Waals surface area contributed by atoms with Crippen molar-refractivity contribution >= 4 is 95.0 Å². The van der Waals surface area contributed by atoms with Gasteiger partial charge in [-0.3, -0.25) is 0 Å². The Labute approximate surface area is 453 Å². The number of fused-ring (bicyclic) bond motifs is 11. The molecular weight excluding hydrogens is 926 g/mol. The van der Waals surface area contributed by atoms with Gasteiger partial charge in [0.25, 0.3) is 6.71 Å². The quantitative estimate of drug-likeness (QED) is 0.159. The largest absolute Gasteiger partial charge is 0.311 e. The van der Waals surface area contributed by atoms with Crippen LogP contribution in [0.15, 0.2) is 140 Å². The van der Waals surface area contributed by atoms with Crippen LogP contribution in [0, 0.1) is 0 Å². The summed E-state index contributed by atoms with van der Waals surface area (Å²) < 4.78 is 2.86. The smallest absolute Gasteiger partial charge is 0.264 e. The molecule has 13 rings (SSSR count). The Morgan fingerprint density at radius 1 is 0.453 bits per heavy atom. The second-order valence-electron chi connectivity index (χ2n) is 28.2. The second-order valence-corrected chi connectivity index (χ2v) is 29.3. The highest BCUT2D eigenvalue weighted by Gasteiger charge is 2.64. The molecule has 3 aliphatic carbocycles. The molecule has 7 aromatic carbocycles. The molecule has 380 valence electrons. The van der Waals surface area contributed by atoms with Gasteiger partial charge in [0.1, 0.15) is 0 Å². The predicted molar refractivity (Wildman–Crippen MR) is 326 cm³/mol. The van der Waals surface area contributed by atoms with E-state index in [0.717, 1.165) is 23.5 Å². The van der Waals surface area contributed by atoms with E-state index in [1.165, 1.54) is 107 Å². The van der Waals surface area contributed by atoms with Gasteiger partial charge in [0.2, 0.25) is 0 Å². The molecule has 1 fully saturated rings. The SMILES string of the molecule is CC(C)(C)c1cc(N2c3ccc(C(C)(C)C)cc3B3c4sc5cc6c(cc5c4N(c4ccc5c(c4)C(C)(C)CCC5(C)C)c4cc(N(c5ccccc5)c5ccccc5)cc2c43)C2(C)CCC62C)cc(C(C)(C)C)c1. The van der Waals surface area contributed by atoms with Gasteiger partial charge in [-0.1, -0.05) is 165 Å². The molecule has 3 nitrogen and oxygen atoms in total. The fourth-order valence-electron chi connectivity index (χ4n) is 14.2. The van der Waals surface area contributed by atoms with E-state index in [2.05, 4.69) is 269 Å². The van der Waals surface area contributed by atoms with E-state index in [1.54, 1.807) is 11.1 Å². The van der Waals surface area contributed by atoms with E-state index >= 15 is 0 Å². The molecular formula is C70H76BN3S. The minimum absolute atomic E-state index is 0.000383. The van der Waals surface area contributed by atoms with Crippen molar-refractivity contribution in [3.8, 4) is 0 Å². The van der Waals surface area contributed by atoms with Crippen LogP contribution in [0.1, 0.15) is 168 Å². The van der Waals surface area contributed by atoms with Gasteiger partial charge in [-0.05, 0) is 181 Å². The third kappa shape index (κ3) is 7.04. The van der Waals surface area contributed by atoms with Gasteiger partial charge < -0.3 is 14.7 Å². The van der Waals surface area contributed by atoms with E-state index < -0.39 is 0 Å². The molecule has 8 aromatic rings. The van der Waals surface area contributed by atoms with Crippen LogP contribution in [0.5, 0.6) is 0 Å². The molecule has 0 bridgehead atoms. The molecule has 0 saturated heterocycles. The maximum atomic E-state index is 2.76. The molecule has 2 unspecified atom stereocenters. The molecule has 0 spiro atoms. The van der Waals surface area contributed by atoms with E-state index in [1.807, 2.05) is 0 Å². The van der Waals surface area contributed by atoms with Gasteiger partial charge in [-0.2, -0.15) is 0 Å². The predicted octanol–water partition coefficient (Wildman–Crippen LogP) is 18.0. The number of hydrogen-bond acceptors (Lipinski definition) is 4. The average molecular weight is 1000 g/mol. The van der Waals surface area contributed by atoms with Crippen molar-refractivity contribution in [1.82, 2.24) is 0 Å². The van der Waals surface area contributed by atoms with E-state index in [9.17, 15) is 0 Å². The van der Waals surface area contributed by atoms with Crippen LogP contribution >= 0.6 is 11.3 Å². The standard InChI is InChI=1S/C70H76BN3S/c1-64(2,3)43-26-29-57-56(37-43)71-61-58(73(57)49-35-44(65(4,5)6)34-45(36-49)66(7,8)9)39-50(72(46-22-18-16-19-23-46)47-24-20-17-21-25-47)40-59(61)74(48-27-28-52-53(38-48)68(12,13)31-30-67(52,10)11)62-51-41-54-55(42-60(51)75-63(62)71)70(15)33-32-69(54,70)14/h16-29,34-42H,30-33H2,1-15H3. The molecule has 75 heavy (non-hydrogen) atoms. The number of rotatable bonds is 5. The molecule has 2 atom stereocenters. The van der Waals surface area contributed by atoms with Crippen LogP contribution in [0.25, 0.3) is 10.1 Å². The van der Waals surface area contributed by atoms with Crippen molar-refractivity contribution in [3.05, 3.63) is 178 Å². The first-order chi connectivity index (χ1) is 35.3. The lowest BCUT2D eigenvalue weighted by atomic mass is 9.35. The molecule has 0 amide bonds.